The van der Waals surface area contributed by atoms with E-state index >= 15 is 0 Å². The molecule has 0 heterocycles. The van der Waals surface area contributed by atoms with Gasteiger partial charge in [-0.1, -0.05) is 51.1 Å². The molecule has 1 atom stereocenters. The Morgan fingerprint density at radius 3 is 2.00 bits per heavy atom. The summed E-state index contributed by atoms with van der Waals surface area (Å²) in [7, 11) is -3.75. The number of aliphatic carboxylic acids is 1. The zero-order valence-corrected chi connectivity index (χ0v) is 19.6. The SMILES string of the molecule is CCCCCN(CCCCC)C(=O)C(CCC(=O)O)CS(=O)(=O)c1ccc(Cl)cc1. The highest BCUT2D eigenvalue weighted by atomic mass is 35.5. The predicted molar refractivity (Wildman–Crippen MR) is 119 cm³/mol. The third-order valence-electron chi connectivity index (χ3n) is 5.02. The highest BCUT2D eigenvalue weighted by Gasteiger charge is 2.30. The van der Waals surface area contributed by atoms with Crippen molar-refractivity contribution in [2.45, 2.75) is 70.1 Å². The van der Waals surface area contributed by atoms with Crippen LogP contribution < -0.4 is 0 Å². The number of carbonyl (C=O) groups is 2. The lowest BCUT2D eigenvalue weighted by molar-refractivity contribution is -0.138. The van der Waals surface area contributed by atoms with Crippen LogP contribution in [0.1, 0.15) is 65.2 Å². The number of sulfone groups is 1. The minimum absolute atomic E-state index is 0.000950. The molecule has 1 unspecified atom stereocenters. The molecule has 1 N–H and O–H groups in total. The molecule has 0 aliphatic heterocycles. The van der Waals surface area contributed by atoms with Gasteiger partial charge in [-0.25, -0.2) is 8.42 Å². The van der Waals surface area contributed by atoms with E-state index in [2.05, 4.69) is 13.8 Å². The molecule has 1 aromatic carbocycles. The molecule has 0 fully saturated rings. The number of amides is 1. The summed E-state index contributed by atoms with van der Waals surface area (Å²) in [4.78, 5) is 26.2. The molecule has 0 aromatic heterocycles. The first-order valence-electron chi connectivity index (χ1n) is 10.7. The van der Waals surface area contributed by atoms with E-state index < -0.39 is 27.5 Å². The van der Waals surface area contributed by atoms with E-state index in [1.165, 1.54) is 24.3 Å². The Morgan fingerprint density at radius 1 is 1.00 bits per heavy atom. The summed E-state index contributed by atoms with van der Waals surface area (Å²) < 4.78 is 25.8. The zero-order chi connectivity index (χ0) is 22.6. The summed E-state index contributed by atoms with van der Waals surface area (Å²) in [6.07, 6.45) is 5.47. The number of carboxylic acids is 1. The van der Waals surface area contributed by atoms with Gasteiger partial charge in [0.05, 0.1) is 16.6 Å². The minimum Gasteiger partial charge on any atom is -0.481 e. The zero-order valence-electron chi connectivity index (χ0n) is 18.0. The van der Waals surface area contributed by atoms with Crippen molar-refractivity contribution >= 4 is 33.3 Å². The lowest BCUT2D eigenvalue weighted by atomic mass is 10.0. The van der Waals surface area contributed by atoms with Crippen LogP contribution in [0.2, 0.25) is 5.02 Å². The van der Waals surface area contributed by atoms with Crippen LogP contribution in [0.3, 0.4) is 0 Å². The van der Waals surface area contributed by atoms with E-state index in [9.17, 15) is 18.0 Å². The Bertz CT molecular complexity index is 754. The maximum absolute atomic E-state index is 13.3. The van der Waals surface area contributed by atoms with Gasteiger partial charge in [-0.15, -0.1) is 0 Å². The van der Waals surface area contributed by atoms with Crippen molar-refractivity contribution in [1.29, 1.82) is 0 Å². The molecule has 1 rings (SSSR count). The van der Waals surface area contributed by atoms with Crippen LogP contribution in [-0.2, 0) is 19.4 Å². The van der Waals surface area contributed by atoms with Gasteiger partial charge in [0.2, 0.25) is 5.91 Å². The molecule has 0 radical (unpaired) electrons. The van der Waals surface area contributed by atoms with E-state index in [4.69, 9.17) is 16.7 Å². The maximum Gasteiger partial charge on any atom is 0.303 e. The molecule has 0 aliphatic carbocycles. The van der Waals surface area contributed by atoms with E-state index in [0.29, 0.717) is 18.1 Å². The molecule has 8 heteroatoms. The van der Waals surface area contributed by atoms with Crippen LogP contribution in [0.5, 0.6) is 0 Å². The first-order valence-corrected chi connectivity index (χ1v) is 12.7. The number of benzene rings is 1. The lowest BCUT2D eigenvalue weighted by Gasteiger charge is -2.27. The van der Waals surface area contributed by atoms with Crippen LogP contribution in [0, 0.1) is 5.92 Å². The number of nitrogens with zero attached hydrogens (tertiary/aromatic N) is 1. The topological polar surface area (TPSA) is 91.8 Å². The van der Waals surface area contributed by atoms with Gasteiger partial charge in [-0.05, 0) is 43.5 Å². The van der Waals surface area contributed by atoms with Crippen LogP contribution in [0.15, 0.2) is 29.2 Å². The number of hydrogen-bond donors (Lipinski definition) is 1. The quantitative estimate of drug-likeness (QED) is 0.380. The molecule has 0 bridgehead atoms. The lowest BCUT2D eigenvalue weighted by Crippen LogP contribution is -2.40. The van der Waals surface area contributed by atoms with E-state index in [1.807, 2.05) is 0 Å². The Morgan fingerprint density at radius 2 is 1.53 bits per heavy atom. The fourth-order valence-corrected chi connectivity index (χ4v) is 4.98. The highest BCUT2D eigenvalue weighted by Crippen LogP contribution is 2.22. The van der Waals surface area contributed by atoms with Gasteiger partial charge in [-0.2, -0.15) is 0 Å². The van der Waals surface area contributed by atoms with E-state index in [-0.39, 0.29) is 23.6 Å². The van der Waals surface area contributed by atoms with Crippen molar-refractivity contribution in [3.05, 3.63) is 29.3 Å². The van der Waals surface area contributed by atoms with Gasteiger partial charge in [0.15, 0.2) is 9.84 Å². The van der Waals surface area contributed by atoms with Crippen LogP contribution >= 0.6 is 11.6 Å². The van der Waals surface area contributed by atoms with Gasteiger partial charge in [-0.3, -0.25) is 9.59 Å². The van der Waals surface area contributed by atoms with Crippen molar-refractivity contribution in [3.8, 4) is 0 Å². The summed E-state index contributed by atoms with van der Waals surface area (Å²) in [5.41, 5.74) is 0. The molecule has 1 aromatic rings. The molecule has 0 spiro atoms. The van der Waals surface area contributed by atoms with Crippen LogP contribution in [0.4, 0.5) is 0 Å². The average molecular weight is 460 g/mol. The molecule has 0 saturated carbocycles. The summed E-state index contributed by atoms with van der Waals surface area (Å²) in [6, 6.07) is 5.81. The fraction of sp³-hybridized carbons (Fsp3) is 0.636. The molecule has 0 aliphatic rings. The Hall–Kier alpha value is -1.60. The van der Waals surface area contributed by atoms with Gasteiger partial charge in [0.1, 0.15) is 0 Å². The average Bonchev–Trinajstić information content (AvgIpc) is 2.70. The van der Waals surface area contributed by atoms with Crippen LogP contribution in [-0.4, -0.2) is 49.1 Å². The Kier molecular flexibility index (Phi) is 12.0. The van der Waals surface area contributed by atoms with Crippen molar-refractivity contribution in [2.75, 3.05) is 18.8 Å². The Balaban J connectivity index is 3.04. The molecule has 0 saturated heterocycles. The molecule has 1 amide bonds. The number of hydrogen-bond acceptors (Lipinski definition) is 4. The molecule has 30 heavy (non-hydrogen) atoms. The minimum atomic E-state index is -3.75. The van der Waals surface area contributed by atoms with Crippen LogP contribution in [0.25, 0.3) is 0 Å². The van der Waals surface area contributed by atoms with Crippen molar-refractivity contribution in [3.63, 3.8) is 0 Å². The maximum atomic E-state index is 13.3. The summed E-state index contributed by atoms with van der Waals surface area (Å²) in [6.45, 7) is 5.30. The Labute approximate surface area is 185 Å². The van der Waals surface area contributed by atoms with E-state index in [1.54, 1.807) is 4.90 Å². The third kappa shape index (κ3) is 9.47. The molecular weight excluding hydrogens is 426 g/mol. The first-order chi connectivity index (χ1) is 14.2. The fourth-order valence-electron chi connectivity index (χ4n) is 3.27. The second kappa shape index (κ2) is 13.7. The van der Waals surface area contributed by atoms with Gasteiger partial charge < -0.3 is 10.0 Å². The van der Waals surface area contributed by atoms with Crippen molar-refractivity contribution in [2.24, 2.45) is 5.92 Å². The first kappa shape index (κ1) is 26.4. The summed E-state index contributed by atoms with van der Waals surface area (Å²) >= 11 is 5.84. The second-order valence-electron chi connectivity index (χ2n) is 7.60. The smallest absolute Gasteiger partial charge is 0.303 e. The van der Waals surface area contributed by atoms with Gasteiger partial charge >= 0.3 is 5.97 Å². The number of carbonyl (C=O) groups excluding carboxylic acids is 1. The molecular formula is C22H34ClNO5S. The highest BCUT2D eigenvalue weighted by molar-refractivity contribution is 7.91. The van der Waals surface area contributed by atoms with Crippen molar-refractivity contribution < 1.29 is 23.1 Å². The molecule has 170 valence electrons. The number of halogens is 1. The largest absolute Gasteiger partial charge is 0.481 e. The summed E-state index contributed by atoms with van der Waals surface area (Å²) in [5, 5.41) is 9.51. The summed E-state index contributed by atoms with van der Waals surface area (Å²) in [5.74, 6) is -2.59. The van der Waals surface area contributed by atoms with Gasteiger partial charge in [0.25, 0.3) is 0 Å². The standard InChI is InChI=1S/C22H34ClNO5S/c1-3-5-7-15-24(16-8-6-4-2)22(27)18(9-14-21(25)26)17-30(28,29)20-12-10-19(23)11-13-20/h10-13,18H,3-9,14-17H2,1-2H3,(H,25,26). The van der Waals surface area contributed by atoms with E-state index in [0.717, 1.165) is 38.5 Å². The normalized spacial score (nSPS) is 12.5. The number of carboxylic acid groups (broad SMARTS) is 1. The third-order valence-corrected chi connectivity index (χ3v) is 7.11. The monoisotopic (exact) mass is 459 g/mol. The number of rotatable bonds is 15. The number of unbranched alkanes of at least 4 members (excludes halogenated alkanes) is 4. The second-order valence-corrected chi connectivity index (χ2v) is 10.1. The predicted octanol–water partition coefficient (Wildman–Crippen LogP) is 4.80. The van der Waals surface area contributed by atoms with Gasteiger partial charge in [0, 0.05) is 24.5 Å². The van der Waals surface area contributed by atoms with Crippen molar-refractivity contribution in [1.82, 2.24) is 4.90 Å². The molecule has 6 nitrogen and oxygen atoms in total.